The van der Waals surface area contributed by atoms with Crippen molar-refractivity contribution in [3.63, 3.8) is 0 Å². The summed E-state index contributed by atoms with van der Waals surface area (Å²) in [5, 5.41) is 0.0974. The van der Waals surface area contributed by atoms with E-state index in [0.717, 1.165) is 0 Å². The minimum absolute atomic E-state index is 0.0974. The van der Waals surface area contributed by atoms with Gasteiger partial charge in [-0.05, 0) is 19.8 Å². The Kier molecular flexibility index (Phi) is 3.00. The number of H-pyrrole nitrogens is 1. The minimum atomic E-state index is -3.50. The summed E-state index contributed by atoms with van der Waals surface area (Å²) in [6, 6.07) is 0. The highest BCUT2D eigenvalue weighted by atomic mass is 32.2. The van der Waals surface area contributed by atoms with E-state index in [1.165, 1.54) is 12.5 Å². The van der Waals surface area contributed by atoms with Crippen LogP contribution >= 0.6 is 0 Å². The predicted molar refractivity (Wildman–Crippen MR) is 57.4 cm³/mol. The molecular weight excluding hydrogens is 230 g/mol. The zero-order valence-corrected chi connectivity index (χ0v) is 9.88. The van der Waals surface area contributed by atoms with E-state index < -0.39 is 15.6 Å². The zero-order chi connectivity index (χ0) is 11.6. The van der Waals surface area contributed by atoms with Crippen molar-refractivity contribution < 1.29 is 13.2 Å². The molecule has 1 fully saturated rings. The van der Waals surface area contributed by atoms with Crippen LogP contribution in [0.25, 0.3) is 0 Å². The number of aromatic amines is 1. The summed E-state index contributed by atoms with van der Waals surface area (Å²) in [6.45, 7) is 3.06. The third kappa shape index (κ3) is 2.42. The monoisotopic (exact) mass is 245 g/mol. The molecule has 6 nitrogen and oxygen atoms in total. The second-order valence-corrected chi connectivity index (χ2v) is 5.85. The fourth-order valence-electron chi connectivity index (χ4n) is 1.69. The molecule has 0 spiro atoms. The standard InChI is InChI=1S/C9H15N3O3S/c1-9(2-4-15-5-3-9)12-16(13,14)8-6-10-7-11-8/h6-7,12H,2-5H2,1H3,(H,10,11). The van der Waals surface area contributed by atoms with Gasteiger partial charge in [-0.3, -0.25) is 0 Å². The number of nitrogens with one attached hydrogen (secondary N) is 2. The van der Waals surface area contributed by atoms with E-state index in [2.05, 4.69) is 14.7 Å². The van der Waals surface area contributed by atoms with E-state index in [1.54, 1.807) is 0 Å². The smallest absolute Gasteiger partial charge is 0.258 e. The molecule has 7 heteroatoms. The van der Waals surface area contributed by atoms with E-state index in [9.17, 15) is 8.42 Å². The highest BCUT2D eigenvalue weighted by Crippen LogP contribution is 2.22. The third-order valence-electron chi connectivity index (χ3n) is 2.74. The molecule has 0 saturated carbocycles. The Morgan fingerprint density at radius 3 is 2.75 bits per heavy atom. The maximum absolute atomic E-state index is 11.9. The molecule has 0 amide bonds. The van der Waals surface area contributed by atoms with Crippen LogP contribution in [-0.2, 0) is 14.8 Å². The number of sulfonamides is 1. The van der Waals surface area contributed by atoms with Gasteiger partial charge in [-0.15, -0.1) is 0 Å². The number of hydrogen-bond acceptors (Lipinski definition) is 4. The van der Waals surface area contributed by atoms with Gasteiger partial charge in [0.05, 0.1) is 12.5 Å². The minimum Gasteiger partial charge on any atom is -0.381 e. The van der Waals surface area contributed by atoms with Crippen molar-refractivity contribution in [2.75, 3.05) is 13.2 Å². The fourth-order valence-corrected chi connectivity index (χ4v) is 3.06. The average molecular weight is 245 g/mol. The highest BCUT2D eigenvalue weighted by Gasteiger charge is 2.32. The second kappa shape index (κ2) is 4.15. The molecule has 2 N–H and O–H groups in total. The number of ether oxygens (including phenoxy) is 1. The molecule has 1 aliphatic heterocycles. The molecule has 0 atom stereocenters. The van der Waals surface area contributed by atoms with Crippen molar-refractivity contribution in [3.8, 4) is 0 Å². The zero-order valence-electron chi connectivity index (χ0n) is 9.06. The van der Waals surface area contributed by atoms with Gasteiger partial charge in [0.2, 0.25) is 0 Å². The van der Waals surface area contributed by atoms with Crippen molar-refractivity contribution in [1.82, 2.24) is 14.7 Å². The van der Waals surface area contributed by atoms with Gasteiger partial charge in [-0.2, -0.15) is 0 Å². The molecule has 1 saturated heterocycles. The van der Waals surface area contributed by atoms with Crippen LogP contribution < -0.4 is 4.72 Å². The summed E-state index contributed by atoms with van der Waals surface area (Å²) in [5.41, 5.74) is -0.428. The van der Waals surface area contributed by atoms with Gasteiger partial charge in [0.15, 0.2) is 5.03 Å². The summed E-state index contributed by atoms with van der Waals surface area (Å²) >= 11 is 0. The number of nitrogens with zero attached hydrogens (tertiary/aromatic N) is 1. The lowest BCUT2D eigenvalue weighted by Crippen LogP contribution is -2.49. The van der Waals surface area contributed by atoms with E-state index in [4.69, 9.17) is 4.74 Å². The van der Waals surface area contributed by atoms with Crippen molar-refractivity contribution in [3.05, 3.63) is 12.5 Å². The Morgan fingerprint density at radius 1 is 1.50 bits per heavy atom. The Balaban J connectivity index is 2.14. The molecule has 90 valence electrons. The lowest BCUT2D eigenvalue weighted by atomic mass is 9.94. The van der Waals surface area contributed by atoms with Crippen molar-refractivity contribution in [2.24, 2.45) is 0 Å². The first-order chi connectivity index (χ1) is 7.52. The Bertz CT molecular complexity index is 435. The van der Waals surface area contributed by atoms with Gasteiger partial charge in [0.1, 0.15) is 0 Å². The van der Waals surface area contributed by atoms with Crippen LogP contribution in [0.1, 0.15) is 19.8 Å². The fraction of sp³-hybridized carbons (Fsp3) is 0.667. The summed E-state index contributed by atoms with van der Waals surface area (Å²) in [6.07, 6.45) is 4.01. The summed E-state index contributed by atoms with van der Waals surface area (Å²) < 4.78 is 31.8. The van der Waals surface area contributed by atoms with Crippen LogP contribution in [0.5, 0.6) is 0 Å². The second-order valence-electron chi connectivity index (χ2n) is 4.19. The lowest BCUT2D eigenvalue weighted by Gasteiger charge is -2.33. The molecule has 0 bridgehead atoms. The first kappa shape index (κ1) is 11.6. The Labute approximate surface area is 94.5 Å². The van der Waals surface area contributed by atoms with E-state index in [0.29, 0.717) is 26.1 Å². The number of rotatable bonds is 3. The molecule has 1 aromatic rings. The molecule has 0 aromatic carbocycles. The number of imidazole rings is 1. The van der Waals surface area contributed by atoms with Gasteiger partial charge in [0.25, 0.3) is 10.0 Å². The molecule has 0 unspecified atom stereocenters. The van der Waals surface area contributed by atoms with E-state index in [1.807, 2.05) is 6.92 Å². The topological polar surface area (TPSA) is 84.1 Å². The molecule has 0 radical (unpaired) electrons. The SMILES string of the molecule is CC1(NS(=O)(=O)c2cnc[nH]2)CCOCC1. The van der Waals surface area contributed by atoms with Crippen LogP contribution in [0.15, 0.2) is 17.6 Å². The number of hydrogen-bond donors (Lipinski definition) is 2. The third-order valence-corrected chi connectivity index (χ3v) is 4.30. The largest absolute Gasteiger partial charge is 0.381 e. The average Bonchev–Trinajstić information content (AvgIpc) is 2.70. The Morgan fingerprint density at radius 2 is 2.19 bits per heavy atom. The van der Waals surface area contributed by atoms with Crippen molar-refractivity contribution in [2.45, 2.75) is 30.3 Å². The number of aromatic nitrogens is 2. The van der Waals surface area contributed by atoms with Crippen molar-refractivity contribution in [1.29, 1.82) is 0 Å². The van der Waals surface area contributed by atoms with Crippen LogP contribution in [0.3, 0.4) is 0 Å². The van der Waals surface area contributed by atoms with E-state index >= 15 is 0 Å². The lowest BCUT2D eigenvalue weighted by molar-refractivity contribution is 0.0537. The van der Waals surface area contributed by atoms with E-state index in [-0.39, 0.29) is 5.03 Å². The summed E-state index contributed by atoms with van der Waals surface area (Å²) in [7, 11) is -3.50. The molecule has 2 rings (SSSR count). The predicted octanol–water partition coefficient (Wildman–Crippen LogP) is 0.257. The molecule has 0 aliphatic carbocycles. The van der Waals surface area contributed by atoms with Gasteiger partial charge < -0.3 is 9.72 Å². The van der Waals surface area contributed by atoms with Crippen molar-refractivity contribution >= 4 is 10.0 Å². The van der Waals surface area contributed by atoms with Gasteiger partial charge in [-0.1, -0.05) is 0 Å². The molecule has 16 heavy (non-hydrogen) atoms. The van der Waals surface area contributed by atoms with Crippen LogP contribution in [0, 0.1) is 0 Å². The van der Waals surface area contributed by atoms with Crippen LogP contribution in [0.2, 0.25) is 0 Å². The quantitative estimate of drug-likeness (QED) is 0.800. The molecule has 2 heterocycles. The summed E-state index contributed by atoms with van der Waals surface area (Å²) in [5.74, 6) is 0. The first-order valence-electron chi connectivity index (χ1n) is 5.12. The highest BCUT2D eigenvalue weighted by molar-refractivity contribution is 7.89. The van der Waals surface area contributed by atoms with Gasteiger partial charge in [-0.25, -0.2) is 18.1 Å². The normalized spacial score (nSPS) is 20.8. The van der Waals surface area contributed by atoms with Crippen LogP contribution in [-0.4, -0.2) is 37.1 Å². The molecule has 1 aliphatic rings. The maximum atomic E-state index is 11.9. The first-order valence-corrected chi connectivity index (χ1v) is 6.60. The molecular formula is C9H15N3O3S. The summed E-state index contributed by atoms with van der Waals surface area (Å²) in [4.78, 5) is 6.30. The maximum Gasteiger partial charge on any atom is 0.258 e. The van der Waals surface area contributed by atoms with Crippen LogP contribution in [0.4, 0.5) is 0 Å². The van der Waals surface area contributed by atoms with Gasteiger partial charge >= 0.3 is 0 Å². The molecule has 1 aromatic heterocycles. The Hall–Kier alpha value is -0.920. The van der Waals surface area contributed by atoms with Gasteiger partial charge in [0, 0.05) is 18.8 Å².